The molecule has 2 aromatic heterocycles. The molecule has 4 aromatic carbocycles. The van der Waals surface area contributed by atoms with Crippen molar-refractivity contribution >= 4 is 43.6 Å². The Morgan fingerprint density at radius 2 is 1.41 bits per heavy atom. The molecule has 0 bridgehead atoms. The molecule has 0 spiro atoms. The highest BCUT2D eigenvalue weighted by atomic mass is 14.7. The predicted molar refractivity (Wildman–Crippen MR) is 114 cm³/mol. The monoisotopic (exact) mass is 344 g/mol. The number of aromatic amines is 1. The highest BCUT2D eigenvalue weighted by Gasteiger charge is 2.10. The number of hydrogen-bond donors (Lipinski definition) is 1. The van der Waals surface area contributed by atoms with Crippen LogP contribution in [0.15, 0.2) is 91.0 Å². The smallest absolute Gasteiger partial charge is 0.0710 e. The lowest BCUT2D eigenvalue weighted by Crippen LogP contribution is -1.85. The second-order valence-electron chi connectivity index (χ2n) is 6.99. The molecule has 6 aromatic rings. The first-order chi connectivity index (χ1) is 13.4. The van der Waals surface area contributed by atoms with Crippen LogP contribution in [0.25, 0.3) is 54.7 Å². The topological polar surface area (TPSA) is 28.7 Å². The van der Waals surface area contributed by atoms with Gasteiger partial charge in [0.1, 0.15) is 0 Å². The van der Waals surface area contributed by atoms with E-state index in [2.05, 4.69) is 89.9 Å². The number of benzene rings is 4. The maximum Gasteiger partial charge on any atom is 0.0710 e. The minimum Gasteiger partial charge on any atom is -0.354 e. The minimum atomic E-state index is 1.03. The van der Waals surface area contributed by atoms with Crippen molar-refractivity contribution in [1.82, 2.24) is 9.97 Å². The highest BCUT2D eigenvalue weighted by Crippen LogP contribution is 2.34. The molecule has 0 radical (unpaired) electrons. The van der Waals surface area contributed by atoms with Gasteiger partial charge in [0.05, 0.1) is 16.6 Å². The largest absolute Gasteiger partial charge is 0.354 e. The number of rotatable bonds is 1. The van der Waals surface area contributed by atoms with E-state index in [1.54, 1.807) is 0 Å². The molecule has 0 aliphatic heterocycles. The van der Waals surface area contributed by atoms with E-state index in [4.69, 9.17) is 4.98 Å². The fourth-order valence-corrected chi connectivity index (χ4v) is 4.06. The molecule has 0 saturated heterocycles. The Kier molecular flexibility index (Phi) is 2.91. The zero-order chi connectivity index (χ0) is 17.8. The van der Waals surface area contributed by atoms with Crippen LogP contribution in [-0.2, 0) is 0 Å². The zero-order valence-electron chi connectivity index (χ0n) is 14.6. The number of para-hydroxylation sites is 3. The molecular formula is C25H16N2. The molecule has 27 heavy (non-hydrogen) atoms. The summed E-state index contributed by atoms with van der Waals surface area (Å²) in [5.41, 5.74) is 6.85. The van der Waals surface area contributed by atoms with E-state index < -0.39 is 0 Å². The molecule has 0 amide bonds. The van der Waals surface area contributed by atoms with Gasteiger partial charge in [0.2, 0.25) is 0 Å². The first-order valence-electron chi connectivity index (χ1n) is 9.16. The Balaban J connectivity index is 1.63. The molecule has 0 unspecified atom stereocenters. The number of nitrogens with zero attached hydrogens (tertiary/aromatic N) is 1. The van der Waals surface area contributed by atoms with E-state index in [0.29, 0.717) is 0 Å². The summed E-state index contributed by atoms with van der Waals surface area (Å²) in [6.07, 6.45) is 0. The SMILES string of the molecule is c1ccc2nc3ccc(-c4cccc5c4[nH]c4ccccc45)cc3cc2c1. The molecule has 6 rings (SSSR count). The molecule has 0 atom stereocenters. The molecule has 126 valence electrons. The standard InChI is InChI=1S/C25H16N2/c1-3-10-22-17(6-1)15-18-14-16(12-13-23(18)26-22)19-8-5-9-21-20-7-2-4-11-24(20)27-25(19)21/h1-15,27H. The van der Waals surface area contributed by atoms with E-state index in [1.807, 2.05) is 6.07 Å². The summed E-state index contributed by atoms with van der Waals surface area (Å²) in [4.78, 5) is 8.41. The van der Waals surface area contributed by atoms with Crippen molar-refractivity contribution in [2.45, 2.75) is 0 Å². The van der Waals surface area contributed by atoms with Gasteiger partial charge in [-0.2, -0.15) is 0 Å². The van der Waals surface area contributed by atoms with Gasteiger partial charge in [-0.25, -0.2) is 4.98 Å². The molecule has 2 heteroatoms. The summed E-state index contributed by atoms with van der Waals surface area (Å²) in [5.74, 6) is 0. The number of pyridine rings is 1. The van der Waals surface area contributed by atoms with Gasteiger partial charge in [-0.15, -0.1) is 0 Å². The summed E-state index contributed by atoms with van der Waals surface area (Å²) in [6, 6.07) is 32.0. The zero-order valence-corrected chi connectivity index (χ0v) is 14.6. The summed E-state index contributed by atoms with van der Waals surface area (Å²) in [6.45, 7) is 0. The van der Waals surface area contributed by atoms with Crippen molar-refractivity contribution in [1.29, 1.82) is 0 Å². The fourth-order valence-electron chi connectivity index (χ4n) is 4.06. The number of H-pyrrole nitrogens is 1. The van der Waals surface area contributed by atoms with Gasteiger partial charge in [0.25, 0.3) is 0 Å². The Labute approximate surface area is 156 Å². The lowest BCUT2D eigenvalue weighted by atomic mass is 10.00. The Bertz CT molecular complexity index is 1470. The van der Waals surface area contributed by atoms with Gasteiger partial charge in [-0.1, -0.05) is 60.7 Å². The second kappa shape index (κ2) is 5.42. The van der Waals surface area contributed by atoms with Gasteiger partial charge in [-0.3, -0.25) is 0 Å². The maximum absolute atomic E-state index is 4.80. The summed E-state index contributed by atoms with van der Waals surface area (Å²) >= 11 is 0. The van der Waals surface area contributed by atoms with Crippen molar-refractivity contribution < 1.29 is 0 Å². The van der Waals surface area contributed by atoms with Crippen LogP contribution >= 0.6 is 0 Å². The van der Waals surface area contributed by atoms with E-state index in [9.17, 15) is 0 Å². The third-order valence-electron chi connectivity index (χ3n) is 5.37. The average Bonchev–Trinajstić information content (AvgIpc) is 3.10. The van der Waals surface area contributed by atoms with Crippen LogP contribution in [0.1, 0.15) is 0 Å². The van der Waals surface area contributed by atoms with Crippen LogP contribution in [0.3, 0.4) is 0 Å². The van der Waals surface area contributed by atoms with Gasteiger partial charge in [0.15, 0.2) is 0 Å². The van der Waals surface area contributed by atoms with Crippen molar-refractivity contribution in [3.05, 3.63) is 91.0 Å². The molecule has 0 fully saturated rings. The molecule has 0 aliphatic carbocycles. The Morgan fingerprint density at radius 1 is 0.593 bits per heavy atom. The molecular weight excluding hydrogens is 328 g/mol. The molecule has 1 N–H and O–H groups in total. The number of hydrogen-bond acceptors (Lipinski definition) is 1. The lowest BCUT2D eigenvalue weighted by Gasteiger charge is -2.07. The van der Waals surface area contributed by atoms with Crippen LogP contribution in [0.4, 0.5) is 0 Å². The van der Waals surface area contributed by atoms with Crippen molar-refractivity contribution in [3.8, 4) is 11.1 Å². The lowest BCUT2D eigenvalue weighted by molar-refractivity contribution is 1.49. The quantitative estimate of drug-likeness (QED) is 0.331. The van der Waals surface area contributed by atoms with Crippen molar-refractivity contribution in [2.75, 3.05) is 0 Å². The molecule has 2 nitrogen and oxygen atoms in total. The van der Waals surface area contributed by atoms with Crippen LogP contribution in [0, 0.1) is 0 Å². The van der Waals surface area contributed by atoms with Gasteiger partial charge < -0.3 is 4.98 Å². The van der Waals surface area contributed by atoms with Gasteiger partial charge >= 0.3 is 0 Å². The van der Waals surface area contributed by atoms with Gasteiger partial charge in [0, 0.05) is 32.6 Å². The molecule has 2 heterocycles. The molecule has 0 saturated carbocycles. The predicted octanol–water partition coefficient (Wildman–Crippen LogP) is 6.69. The first kappa shape index (κ1) is 14.5. The van der Waals surface area contributed by atoms with E-state index >= 15 is 0 Å². The Hall–Kier alpha value is -3.65. The van der Waals surface area contributed by atoms with Crippen molar-refractivity contribution in [2.24, 2.45) is 0 Å². The average molecular weight is 344 g/mol. The maximum atomic E-state index is 4.80. The number of aromatic nitrogens is 2. The highest BCUT2D eigenvalue weighted by molar-refractivity contribution is 6.12. The third kappa shape index (κ3) is 2.17. The summed E-state index contributed by atoms with van der Waals surface area (Å²) < 4.78 is 0. The number of nitrogens with one attached hydrogen (secondary N) is 1. The fraction of sp³-hybridized carbons (Fsp3) is 0. The third-order valence-corrected chi connectivity index (χ3v) is 5.37. The van der Waals surface area contributed by atoms with E-state index in [-0.39, 0.29) is 0 Å². The number of fused-ring (bicyclic) bond motifs is 5. The minimum absolute atomic E-state index is 1.03. The van der Waals surface area contributed by atoms with Crippen LogP contribution in [0.2, 0.25) is 0 Å². The van der Waals surface area contributed by atoms with Gasteiger partial charge in [-0.05, 0) is 35.9 Å². The normalized spacial score (nSPS) is 11.7. The van der Waals surface area contributed by atoms with Crippen LogP contribution in [-0.4, -0.2) is 9.97 Å². The first-order valence-corrected chi connectivity index (χ1v) is 9.16. The van der Waals surface area contributed by atoms with E-state index in [1.165, 1.54) is 43.7 Å². The van der Waals surface area contributed by atoms with E-state index in [0.717, 1.165) is 11.0 Å². The molecule has 0 aliphatic rings. The summed E-state index contributed by atoms with van der Waals surface area (Å²) in [7, 11) is 0. The van der Waals surface area contributed by atoms with Crippen molar-refractivity contribution in [3.63, 3.8) is 0 Å². The van der Waals surface area contributed by atoms with Crippen LogP contribution in [0.5, 0.6) is 0 Å². The van der Waals surface area contributed by atoms with Crippen LogP contribution < -0.4 is 0 Å². The summed E-state index contributed by atoms with van der Waals surface area (Å²) in [5, 5.41) is 4.87. The second-order valence-corrected chi connectivity index (χ2v) is 6.99. The Morgan fingerprint density at radius 3 is 2.41 bits per heavy atom.